The van der Waals surface area contributed by atoms with Crippen molar-refractivity contribution >= 4 is 22.6 Å². The second-order valence-electron chi connectivity index (χ2n) is 5.52. The van der Waals surface area contributed by atoms with Gasteiger partial charge in [0.25, 0.3) is 0 Å². The van der Waals surface area contributed by atoms with E-state index in [1.165, 1.54) is 12.3 Å². The van der Waals surface area contributed by atoms with E-state index in [-0.39, 0.29) is 11.8 Å². The standard InChI is InChI=1S/C18H11ClF2N4O/c1-25-17-12(16(24-25)11-4-2-3-5-13(11)19)9-22-18(23-17)26-15-7-6-10(20)8-14(15)21/h2-9H,1H3. The van der Waals surface area contributed by atoms with Crippen LogP contribution in [-0.4, -0.2) is 19.7 Å². The lowest BCUT2D eigenvalue weighted by molar-refractivity contribution is 0.409. The van der Waals surface area contributed by atoms with Crippen molar-refractivity contribution in [1.82, 2.24) is 19.7 Å². The van der Waals surface area contributed by atoms with Crippen molar-refractivity contribution in [2.45, 2.75) is 0 Å². The molecule has 0 aliphatic heterocycles. The quantitative estimate of drug-likeness (QED) is 0.520. The van der Waals surface area contributed by atoms with Crippen molar-refractivity contribution < 1.29 is 13.5 Å². The molecular formula is C18H11ClF2N4O. The van der Waals surface area contributed by atoms with Crippen molar-refractivity contribution in [3.05, 3.63) is 65.3 Å². The number of rotatable bonds is 3. The summed E-state index contributed by atoms with van der Waals surface area (Å²) in [5.41, 5.74) is 1.88. The van der Waals surface area contributed by atoms with E-state index < -0.39 is 11.6 Å². The number of benzene rings is 2. The molecule has 0 saturated heterocycles. The minimum Gasteiger partial charge on any atom is -0.421 e. The van der Waals surface area contributed by atoms with Crippen LogP contribution in [0, 0.1) is 11.6 Å². The van der Waals surface area contributed by atoms with E-state index in [1.54, 1.807) is 17.8 Å². The van der Waals surface area contributed by atoms with E-state index >= 15 is 0 Å². The molecule has 0 N–H and O–H groups in total. The number of hydrogen-bond acceptors (Lipinski definition) is 4. The Kier molecular flexibility index (Phi) is 4.00. The molecule has 0 saturated carbocycles. The van der Waals surface area contributed by atoms with Crippen LogP contribution in [-0.2, 0) is 7.05 Å². The molecule has 0 aliphatic carbocycles. The maximum absolute atomic E-state index is 13.7. The van der Waals surface area contributed by atoms with Gasteiger partial charge in [0.1, 0.15) is 11.5 Å². The highest BCUT2D eigenvalue weighted by Crippen LogP contribution is 2.32. The molecule has 0 aliphatic rings. The molecule has 26 heavy (non-hydrogen) atoms. The molecule has 4 aromatic rings. The summed E-state index contributed by atoms with van der Waals surface area (Å²) in [6.45, 7) is 0. The second-order valence-corrected chi connectivity index (χ2v) is 5.93. The topological polar surface area (TPSA) is 52.8 Å². The van der Waals surface area contributed by atoms with E-state index in [0.717, 1.165) is 17.7 Å². The first-order chi connectivity index (χ1) is 12.5. The molecule has 5 nitrogen and oxygen atoms in total. The minimum absolute atomic E-state index is 0.0725. The molecular weight excluding hydrogens is 362 g/mol. The van der Waals surface area contributed by atoms with E-state index in [2.05, 4.69) is 15.1 Å². The Hall–Kier alpha value is -3.06. The van der Waals surface area contributed by atoms with Crippen LogP contribution in [0.3, 0.4) is 0 Å². The van der Waals surface area contributed by atoms with E-state index in [4.69, 9.17) is 16.3 Å². The molecule has 2 aromatic heterocycles. The summed E-state index contributed by atoms with van der Waals surface area (Å²) in [5, 5.41) is 5.68. The van der Waals surface area contributed by atoms with Gasteiger partial charge in [-0.3, -0.25) is 0 Å². The Bertz CT molecular complexity index is 1130. The van der Waals surface area contributed by atoms with Crippen LogP contribution >= 0.6 is 11.6 Å². The zero-order valence-electron chi connectivity index (χ0n) is 13.4. The Morgan fingerprint density at radius 2 is 1.92 bits per heavy atom. The summed E-state index contributed by atoms with van der Waals surface area (Å²) in [5.74, 6) is -1.70. The highest BCUT2D eigenvalue weighted by molar-refractivity contribution is 6.33. The lowest BCUT2D eigenvalue weighted by Crippen LogP contribution is -1.97. The zero-order chi connectivity index (χ0) is 18.3. The van der Waals surface area contributed by atoms with E-state index in [9.17, 15) is 8.78 Å². The smallest absolute Gasteiger partial charge is 0.324 e. The molecule has 0 spiro atoms. The molecule has 4 rings (SSSR count). The first-order valence-electron chi connectivity index (χ1n) is 7.60. The van der Waals surface area contributed by atoms with Crippen LogP contribution in [0.15, 0.2) is 48.7 Å². The SMILES string of the molecule is Cn1nc(-c2ccccc2Cl)c2cnc(Oc3ccc(F)cc3F)nc21. The van der Waals surface area contributed by atoms with Gasteiger partial charge in [0, 0.05) is 24.9 Å². The summed E-state index contributed by atoms with van der Waals surface area (Å²) in [4.78, 5) is 8.38. The van der Waals surface area contributed by atoms with Crippen LogP contribution in [0.25, 0.3) is 22.3 Å². The Balaban J connectivity index is 1.77. The first kappa shape index (κ1) is 16.4. The van der Waals surface area contributed by atoms with Crippen LogP contribution in [0.4, 0.5) is 8.78 Å². The summed E-state index contributed by atoms with van der Waals surface area (Å²) < 4.78 is 33.6. The van der Waals surface area contributed by atoms with Gasteiger partial charge in [0.15, 0.2) is 17.2 Å². The number of hydrogen-bond donors (Lipinski definition) is 0. The third kappa shape index (κ3) is 2.86. The number of aryl methyl sites for hydroxylation is 1. The normalized spacial score (nSPS) is 11.1. The summed E-state index contributed by atoms with van der Waals surface area (Å²) in [6.07, 6.45) is 1.53. The largest absolute Gasteiger partial charge is 0.421 e. The molecule has 0 bridgehead atoms. The average molecular weight is 373 g/mol. The van der Waals surface area contributed by atoms with Crippen molar-refractivity contribution in [3.8, 4) is 23.0 Å². The second kappa shape index (κ2) is 6.34. The van der Waals surface area contributed by atoms with Crippen LogP contribution < -0.4 is 4.74 Å². The maximum Gasteiger partial charge on any atom is 0.324 e. The van der Waals surface area contributed by atoms with Crippen molar-refractivity contribution in [3.63, 3.8) is 0 Å². The summed E-state index contributed by atoms with van der Waals surface area (Å²) >= 11 is 6.25. The number of aromatic nitrogens is 4. The number of fused-ring (bicyclic) bond motifs is 1. The van der Waals surface area contributed by atoms with Gasteiger partial charge in [0.05, 0.1) is 10.4 Å². The van der Waals surface area contributed by atoms with Gasteiger partial charge < -0.3 is 4.74 Å². The predicted molar refractivity (Wildman–Crippen MR) is 93.2 cm³/mol. The van der Waals surface area contributed by atoms with Crippen LogP contribution in [0.1, 0.15) is 0 Å². The van der Waals surface area contributed by atoms with Gasteiger partial charge in [-0.05, 0) is 18.2 Å². The summed E-state index contributed by atoms with van der Waals surface area (Å²) in [7, 11) is 1.72. The monoisotopic (exact) mass is 372 g/mol. The fourth-order valence-corrected chi connectivity index (χ4v) is 2.81. The third-order valence-electron chi connectivity index (χ3n) is 3.78. The zero-order valence-corrected chi connectivity index (χ0v) is 14.2. The lowest BCUT2D eigenvalue weighted by atomic mass is 10.1. The minimum atomic E-state index is -0.838. The fraction of sp³-hybridized carbons (Fsp3) is 0.0556. The van der Waals surface area contributed by atoms with Crippen LogP contribution in [0.5, 0.6) is 11.8 Å². The molecule has 130 valence electrons. The van der Waals surface area contributed by atoms with Crippen molar-refractivity contribution in [2.75, 3.05) is 0 Å². The third-order valence-corrected chi connectivity index (χ3v) is 4.11. The van der Waals surface area contributed by atoms with E-state index in [1.807, 2.05) is 18.2 Å². The van der Waals surface area contributed by atoms with Gasteiger partial charge in [-0.2, -0.15) is 10.1 Å². The van der Waals surface area contributed by atoms with Gasteiger partial charge in [-0.15, -0.1) is 0 Å². The Labute approximate surface area is 151 Å². The van der Waals surface area contributed by atoms with Gasteiger partial charge in [-0.25, -0.2) is 18.4 Å². The molecule has 0 atom stereocenters. The van der Waals surface area contributed by atoms with Gasteiger partial charge >= 0.3 is 6.01 Å². The van der Waals surface area contributed by atoms with Crippen molar-refractivity contribution in [1.29, 1.82) is 0 Å². The number of halogens is 3. The number of nitrogens with zero attached hydrogens (tertiary/aromatic N) is 4. The molecule has 2 heterocycles. The molecule has 0 fully saturated rings. The van der Waals surface area contributed by atoms with E-state index in [0.29, 0.717) is 21.7 Å². The molecule has 0 amide bonds. The molecule has 0 radical (unpaired) electrons. The maximum atomic E-state index is 13.7. The average Bonchev–Trinajstić information content (AvgIpc) is 2.94. The summed E-state index contributed by atoms with van der Waals surface area (Å²) in [6, 6.07) is 10.2. The van der Waals surface area contributed by atoms with Gasteiger partial charge in [-0.1, -0.05) is 29.8 Å². The predicted octanol–water partition coefficient (Wildman–Crippen LogP) is 4.75. The fourth-order valence-electron chi connectivity index (χ4n) is 2.58. The van der Waals surface area contributed by atoms with Gasteiger partial charge in [0.2, 0.25) is 0 Å². The molecule has 0 unspecified atom stereocenters. The Morgan fingerprint density at radius 3 is 2.69 bits per heavy atom. The van der Waals surface area contributed by atoms with Crippen molar-refractivity contribution in [2.24, 2.45) is 7.05 Å². The molecule has 8 heteroatoms. The lowest BCUT2D eigenvalue weighted by Gasteiger charge is -2.05. The number of ether oxygens (including phenoxy) is 1. The first-order valence-corrected chi connectivity index (χ1v) is 7.98. The molecule has 2 aromatic carbocycles. The highest BCUT2D eigenvalue weighted by atomic mass is 35.5. The highest BCUT2D eigenvalue weighted by Gasteiger charge is 2.16. The Morgan fingerprint density at radius 1 is 1.12 bits per heavy atom. The van der Waals surface area contributed by atoms with Crippen LogP contribution in [0.2, 0.25) is 5.02 Å².